The molecule has 0 spiro atoms. The maximum Gasteiger partial charge on any atom is 0.311 e. The van der Waals surface area contributed by atoms with E-state index in [0.29, 0.717) is 17.2 Å². The lowest BCUT2D eigenvalue weighted by Crippen LogP contribution is -2.49. The molecule has 1 aliphatic heterocycles. The Hall–Kier alpha value is -1.47. The highest BCUT2D eigenvalue weighted by atomic mass is 32.1. The number of carbonyl (C=O) groups is 2. The highest BCUT2D eigenvalue weighted by Gasteiger charge is 2.26. The van der Waals surface area contributed by atoms with Crippen LogP contribution in [0.4, 0.5) is 5.13 Å². The van der Waals surface area contributed by atoms with Crippen LogP contribution < -0.4 is 5.01 Å². The smallest absolute Gasteiger partial charge is 0.311 e. The van der Waals surface area contributed by atoms with E-state index in [9.17, 15) is 9.59 Å². The fourth-order valence-corrected chi connectivity index (χ4v) is 3.17. The molecule has 21 heavy (non-hydrogen) atoms. The second kappa shape index (κ2) is 7.51. The van der Waals surface area contributed by atoms with Crippen LogP contribution in [0.3, 0.4) is 0 Å². The summed E-state index contributed by atoms with van der Waals surface area (Å²) < 4.78 is 4.64. The Morgan fingerprint density at radius 1 is 1.38 bits per heavy atom. The fourth-order valence-electron chi connectivity index (χ4n) is 2.31. The number of hydrogen-bond acceptors (Lipinski definition) is 6. The van der Waals surface area contributed by atoms with E-state index < -0.39 is 0 Å². The van der Waals surface area contributed by atoms with Crippen molar-refractivity contribution in [1.29, 1.82) is 0 Å². The minimum absolute atomic E-state index is 0.0378. The molecule has 0 bridgehead atoms. The molecule has 0 unspecified atom stereocenters. The maximum atomic E-state index is 12.3. The minimum atomic E-state index is -0.321. The molecule has 1 aliphatic rings. The second-order valence-corrected chi connectivity index (χ2v) is 5.78. The number of nitrogens with zero attached hydrogens (tertiary/aromatic N) is 3. The number of ether oxygens (including phenoxy) is 1. The molecular weight excluding hydrogens is 290 g/mol. The van der Waals surface area contributed by atoms with Gasteiger partial charge in [0, 0.05) is 24.9 Å². The topological polar surface area (TPSA) is 62.7 Å². The van der Waals surface area contributed by atoms with Crippen LogP contribution in [0.5, 0.6) is 0 Å². The zero-order valence-corrected chi connectivity index (χ0v) is 13.3. The monoisotopic (exact) mass is 311 g/mol. The number of carbonyl (C=O) groups excluding carboxylic acids is 2. The van der Waals surface area contributed by atoms with Gasteiger partial charge in [-0.3, -0.25) is 9.59 Å². The van der Waals surface area contributed by atoms with Gasteiger partial charge >= 0.3 is 5.97 Å². The number of methoxy groups -OCH3 is 1. The standard InChI is InChI=1S/C14H21N3O3S/c1-3-12(18)17(16-7-5-4-6-8-16)14-15-11(10-21-14)9-13(19)20-2/h10H,3-9H2,1-2H3. The Kier molecular flexibility index (Phi) is 5.69. The number of thiazole rings is 1. The van der Waals surface area contributed by atoms with Crippen molar-refractivity contribution in [2.24, 2.45) is 0 Å². The molecule has 1 amide bonds. The lowest BCUT2D eigenvalue weighted by molar-refractivity contribution is -0.139. The van der Waals surface area contributed by atoms with Gasteiger partial charge in [-0.15, -0.1) is 11.3 Å². The average molecular weight is 311 g/mol. The minimum Gasteiger partial charge on any atom is -0.469 e. The molecule has 0 aliphatic carbocycles. The van der Waals surface area contributed by atoms with Gasteiger partial charge in [-0.1, -0.05) is 13.3 Å². The van der Waals surface area contributed by atoms with Gasteiger partial charge < -0.3 is 4.74 Å². The summed E-state index contributed by atoms with van der Waals surface area (Å²) in [5, 5.41) is 6.20. The molecule has 0 radical (unpaired) electrons. The highest BCUT2D eigenvalue weighted by Crippen LogP contribution is 2.25. The molecule has 0 saturated carbocycles. The Morgan fingerprint density at radius 2 is 2.10 bits per heavy atom. The summed E-state index contributed by atoms with van der Waals surface area (Å²) in [5.74, 6) is -0.283. The van der Waals surface area contributed by atoms with Crippen LogP contribution >= 0.6 is 11.3 Å². The Bertz CT molecular complexity index is 497. The quantitative estimate of drug-likeness (QED) is 0.778. The van der Waals surface area contributed by atoms with Crippen LogP contribution in [0.25, 0.3) is 0 Å². The van der Waals surface area contributed by atoms with E-state index in [0.717, 1.165) is 25.9 Å². The number of amides is 1. The van der Waals surface area contributed by atoms with E-state index in [2.05, 4.69) is 14.7 Å². The van der Waals surface area contributed by atoms with Crippen LogP contribution in [0.1, 0.15) is 38.3 Å². The summed E-state index contributed by atoms with van der Waals surface area (Å²) in [5.41, 5.74) is 0.646. The second-order valence-electron chi connectivity index (χ2n) is 4.95. The van der Waals surface area contributed by atoms with Crippen LogP contribution in [0, 0.1) is 0 Å². The van der Waals surface area contributed by atoms with Crippen molar-refractivity contribution in [3.8, 4) is 0 Å². The lowest BCUT2D eigenvalue weighted by atomic mass is 10.2. The van der Waals surface area contributed by atoms with Gasteiger partial charge in [0.25, 0.3) is 0 Å². The summed E-state index contributed by atoms with van der Waals surface area (Å²) in [6.45, 7) is 3.59. The Labute approximate surface area is 128 Å². The SMILES string of the molecule is CCC(=O)N(c1nc(CC(=O)OC)cs1)N1CCCCC1. The zero-order valence-electron chi connectivity index (χ0n) is 12.5. The molecular formula is C14H21N3O3S. The van der Waals surface area contributed by atoms with Gasteiger partial charge in [0.05, 0.1) is 19.2 Å². The number of hydrogen-bond donors (Lipinski definition) is 0. The molecule has 116 valence electrons. The first kappa shape index (κ1) is 15.9. The number of aromatic nitrogens is 1. The van der Waals surface area contributed by atoms with Crippen LogP contribution in [-0.4, -0.2) is 42.1 Å². The summed E-state index contributed by atoms with van der Waals surface area (Å²) in [7, 11) is 1.36. The van der Waals surface area contributed by atoms with Gasteiger partial charge in [-0.25, -0.2) is 15.0 Å². The maximum absolute atomic E-state index is 12.3. The van der Waals surface area contributed by atoms with Gasteiger partial charge in [0.2, 0.25) is 11.0 Å². The van der Waals surface area contributed by atoms with Gasteiger partial charge in [0.15, 0.2) is 0 Å². The predicted octanol–water partition coefficient (Wildman–Crippen LogP) is 2.00. The van der Waals surface area contributed by atoms with Crippen molar-refractivity contribution in [1.82, 2.24) is 9.99 Å². The third-order valence-electron chi connectivity index (χ3n) is 3.43. The Balaban J connectivity index is 2.16. The molecule has 0 atom stereocenters. The molecule has 6 nitrogen and oxygen atoms in total. The van der Waals surface area contributed by atoms with E-state index in [1.54, 1.807) is 5.01 Å². The molecule has 2 rings (SSSR count). The van der Waals surface area contributed by atoms with E-state index in [4.69, 9.17) is 0 Å². The van der Waals surface area contributed by atoms with E-state index >= 15 is 0 Å². The van der Waals surface area contributed by atoms with Crippen molar-refractivity contribution in [3.05, 3.63) is 11.1 Å². The highest BCUT2D eigenvalue weighted by molar-refractivity contribution is 7.14. The van der Waals surface area contributed by atoms with Gasteiger partial charge in [0.1, 0.15) is 0 Å². The van der Waals surface area contributed by atoms with E-state index in [1.807, 2.05) is 12.3 Å². The first-order chi connectivity index (χ1) is 10.2. The zero-order chi connectivity index (χ0) is 15.2. The summed E-state index contributed by atoms with van der Waals surface area (Å²) >= 11 is 1.39. The van der Waals surface area contributed by atoms with E-state index in [1.165, 1.54) is 24.9 Å². The molecule has 2 heterocycles. The number of piperidine rings is 1. The molecule has 1 saturated heterocycles. The predicted molar refractivity (Wildman–Crippen MR) is 81.0 cm³/mol. The number of hydrazine groups is 1. The Morgan fingerprint density at radius 3 is 2.71 bits per heavy atom. The molecule has 0 aromatic carbocycles. The van der Waals surface area contributed by atoms with Crippen molar-refractivity contribution in [3.63, 3.8) is 0 Å². The van der Waals surface area contributed by atoms with Crippen molar-refractivity contribution >= 4 is 28.3 Å². The fraction of sp³-hybridized carbons (Fsp3) is 0.643. The number of anilines is 1. The van der Waals surface area contributed by atoms with Crippen LogP contribution in [0.15, 0.2) is 5.38 Å². The summed E-state index contributed by atoms with van der Waals surface area (Å²) in [6, 6.07) is 0. The van der Waals surface area contributed by atoms with Crippen LogP contribution in [0.2, 0.25) is 0 Å². The summed E-state index contributed by atoms with van der Waals surface area (Å²) in [6.07, 6.45) is 3.96. The van der Waals surface area contributed by atoms with Crippen molar-refractivity contribution in [2.45, 2.75) is 39.0 Å². The van der Waals surface area contributed by atoms with Gasteiger partial charge in [-0.05, 0) is 12.8 Å². The largest absolute Gasteiger partial charge is 0.469 e. The molecule has 1 aromatic heterocycles. The number of rotatable bonds is 5. The number of esters is 1. The third kappa shape index (κ3) is 4.01. The lowest BCUT2D eigenvalue weighted by Gasteiger charge is -2.35. The summed E-state index contributed by atoms with van der Waals surface area (Å²) in [4.78, 5) is 28.0. The van der Waals surface area contributed by atoms with Crippen molar-refractivity contribution in [2.75, 3.05) is 25.2 Å². The van der Waals surface area contributed by atoms with Crippen molar-refractivity contribution < 1.29 is 14.3 Å². The van der Waals surface area contributed by atoms with E-state index in [-0.39, 0.29) is 18.3 Å². The average Bonchev–Trinajstić information content (AvgIpc) is 2.96. The normalized spacial score (nSPS) is 15.7. The molecule has 1 fully saturated rings. The molecule has 7 heteroatoms. The molecule has 0 N–H and O–H groups in total. The third-order valence-corrected chi connectivity index (χ3v) is 4.29. The first-order valence-corrected chi connectivity index (χ1v) is 8.12. The molecule has 1 aromatic rings. The first-order valence-electron chi connectivity index (χ1n) is 7.24. The van der Waals surface area contributed by atoms with Crippen LogP contribution in [-0.2, 0) is 20.7 Å². The van der Waals surface area contributed by atoms with Gasteiger partial charge in [-0.2, -0.15) is 0 Å².